The van der Waals surface area contributed by atoms with Gasteiger partial charge in [0.1, 0.15) is 0 Å². The van der Waals surface area contributed by atoms with Gasteiger partial charge in [-0.1, -0.05) is 30.3 Å². The van der Waals surface area contributed by atoms with Crippen LogP contribution in [0, 0.1) is 0 Å². The van der Waals surface area contributed by atoms with E-state index in [1.807, 2.05) is 30.0 Å². The maximum atomic E-state index is 12.3. The van der Waals surface area contributed by atoms with Crippen LogP contribution in [0.2, 0.25) is 0 Å². The van der Waals surface area contributed by atoms with Gasteiger partial charge in [0, 0.05) is 44.2 Å². The maximum Gasteiger partial charge on any atom is 0.410 e. The minimum absolute atomic E-state index is 0.103. The van der Waals surface area contributed by atoms with E-state index in [2.05, 4.69) is 33.5 Å². The van der Waals surface area contributed by atoms with E-state index in [0.717, 1.165) is 51.7 Å². The highest BCUT2D eigenvalue weighted by atomic mass is 16.6. The molecule has 5 rings (SSSR count). The molecule has 0 aromatic heterocycles. The van der Waals surface area contributed by atoms with E-state index in [0.29, 0.717) is 13.0 Å². The summed E-state index contributed by atoms with van der Waals surface area (Å²) in [5.41, 5.74) is 5.60. The van der Waals surface area contributed by atoms with Crippen LogP contribution in [0.15, 0.2) is 42.1 Å². The second kappa shape index (κ2) is 8.19. The lowest BCUT2D eigenvalue weighted by molar-refractivity contribution is -0.121. The van der Waals surface area contributed by atoms with Gasteiger partial charge in [0.2, 0.25) is 5.91 Å². The molecule has 0 saturated carbocycles. The van der Waals surface area contributed by atoms with Crippen LogP contribution in [-0.2, 0) is 16.1 Å². The first-order valence-corrected chi connectivity index (χ1v) is 11.6. The molecule has 4 heterocycles. The first-order valence-electron chi connectivity index (χ1n) is 11.6. The minimum Gasteiger partial charge on any atom is -0.450 e. The monoisotopic (exact) mass is 424 g/mol. The fourth-order valence-electron chi connectivity index (χ4n) is 5.86. The molecule has 4 aliphatic rings. The minimum atomic E-state index is -0.171. The van der Waals surface area contributed by atoms with Crippen LogP contribution in [0.3, 0.4) is 0 Å². The second-order valence-corrected chi connectivity index (χ2v) is 9.26. The van der Waals surface area contributed by atoms with Crippen molar-refractivity contribution in [2.45, 2.75) is 69.6 Å². The number of nitrogens with one attached hydrogen (secondary N) is 1. The normalized spacial score (nSPS) is 27.4. The fraction of sp³-hybridized carbons (Fsp3) is 0.583. The Morgan fingerprint density at radius 1 is 1.19 bits per heavy atom. The van der Waals surface area contributed by atoms with Crippen LogP contribution in [0.4, 0.5) is 4.79 Å². The SMILES string of the molecule is CCOC(=O)N1C2C=C(N3CCC4(CC3)CC(=O)NN4Cc3ccccc3)CC1CC2. The number of nitrogens with zero attached hydrogens (tertiary/aromatic N) is 3. The van der Waals surface area contributed by atoms with Crippen LogP contribution in [-0.4, -0.2) is 64.1 Å². The lowest BCUT2D eigenvalue weighted by Crippen LogP contribution is -2.54. The number of amides is 2. The molecule has 0 aliphatic carbocycles. The Morgan fingerprint density at radius 2 is 1.97 bits per heavy atom. The molecule has 166 valence electrons. The van der Waals surface area contributed by atoms with E-state index in [9.17, 15) is 9.59 Å². The standard InChI is InChI=1S/C24H32N4O3/c1-2-31-23(30)28-19-8-9-20(28)15-21(14-19)26-12-10-24(11-13-26)16-22(29)25-27(24)17-18-6-4-3-5-7-18/h3-7,14,19-20H,2,8-13,15-17H2,1H3,(H,25,29). The molecular weight excluding hydrogens is 392 g/mol. The topological polar surface area (TPSA) is 65.1 Å². The number of piperidine rings is 1. The Bertz CT molecular complexity index is 863. The molecule has 4 aliphatic heterocycles. The number of benzene rings is 1. The molecule has 0 radical (unpaired) electrons. The van der Waals surface area contributed by atoms with E-state index in [4.69, 9.17) is 4.74 Å². The summed E-state index contributed by atoms with van der Waals surface area (Å²) < 4.78 is 5.28. The summed E-state index contributed by atoms with van der Waals surface area (Å²) in [6.45, 7) is 4.92. The van der Waals surface area contributed by atoms with Crippen molar-refractivity contribution in [2.24, 2.45) is 0 Å². The van der Waals surface area contributed by atoms with Gasteiger partial charge >= 0.3 is 6.09 Å². The zero-order chi connectivity index (χ0) is 21.4. The quantitative estimate of drug-likeness (QED) is 0.805. The Morgan fingerprint density at radius 3 is 2.68 bits per heavy atom. The highest BCUT2D eigenvalue weighted by Crippen LogP contribution is 2.40. The van der Waals surface area contributed by atoms with E-state index in [1.165, 1.54) is 11.3 Å². The summed E-state index contributed by atoms with van der Waals surface area (Å²) in [7, 11) is 0. The van der Waals surface area contributed by atoms with Gasteiger partial charge in [0.15, 0.2) is 0 Å². The number of fused-ring (bicyclic) bond motifs is 2. The molecule has 2 atom stereocenters. The van der Waals surface area contributed by atoms with Gasteiger partial charge in [-0.15, -0.1) is 0 Å². The van der Waals surface area contributed by atoms with Gasteiger partial charge in [0.25, 0.3) is 0 Å². The molecule has 2 amide bonds. The average Bonchev–Trinajstić information content (AvgIpc) is 3.21. The highest BCUT2D eigenvalue weighted by molar-refractivity contribution is 5.79. The van der Waals surface area contributed by atoms with Crippen molar-refractivity contribution in [3.05, 3.63) is 47.7 Å². The third-order valence-electron chi connectivity index (χ3n) is 7.46. The lowest BCUT2D eigenvalue weighted by atomic mass is 9.84. The third-order valence-corrected chi connectivity index (χ3v) is 7.46. The molecule has 1 aromatic rings. The third kappa shape index (κ3) is 3.80. The van der Waals surface area contributed by atoms with E-state index >= 15 is 0 Å². The van der Waals surface area contributed by atoms with Gasteiger partial charge in [0.05, 0.1) is 18.2 Å². The molecule has 7 heteroatoms. The molecule has 3 saturated heterocycles. The van der Waals surface area contributed by atoms with E-state index in [-0.39, 0.29) is 29.6 Å². The zero-order valence-corrected chi connectivity index (χ0v) is 18.3. The molecular formula is C24H32N4O3. The van der Waals surface area contributed by atoms with E-state index < -0.39 is 0 Å². The van der Waals surface area contributed by atoms with Gasteiger partial charge < -0.3 is 9.64 Å². The van der Waals surface area contributed by atoms with Crippen LogP contribution in [0.1, 0.15) is 51.0 Å². The number of likely N-dealkylation sites (tertiary alicyclic amines) is 1. The molecule has 3 fully saturated rings. The molecule has 2 bridgehead atoms. The van der Waals surface area contributed by atoms with Crippen molar-refractivity contribution >= 4 is 12.0 Å². The molecule has 31 heavy (non-hydrogen) atoms. The Labute approximate surface area is 184 Å². The van der Waals surface area contributed by atoms with E-state index in [1.54, 1.807) is 0 Å². The summed E-state index contributed by atoms with van der Waals surface area (Å²) in [5.74, 6) is 0.129. The zero-order valence-electron chi connectivity index (χ0n) is 18.3. The summed E-state index contributed by atoms with van der Waals surface area (Å²) in [6.07, 6.45) is 7.60. The van der Waals surface area contributed by atoms with Gasteiger partial charge in [-0.25, -0.2) is 9.80 Å². The van der Waals surface area contributed by atoms with Crippen LogP contribution in [0.25, 0.3) is 0 Å². The van der Waals surface area contributed by atoms with Gasteiger partial charge in [-0.2, -0.15) is 0 Å². The smallest absolute Gasteiger partial charge is 0.410 e. The Kier molecular flexibility index (Phi) is 5.38. The summed E-state index contributed by atoms with van der Waals surface area (Å²) in [6, 6.07) is 10.8. The maximum absolute atomic E-state index is 12.3. The highest BCUT2D eigenvalue weighted by Gasteiger charge is 2.48. The van der Waals surface area contributed by atoms with Crippen LogP contribution < -0.4 is 5.43 Å². The molecule has 7 nitrogen and oxygen atoms in total. The largest absolute Gasteiger partial charge is 0.450 e. The first kappa shape index (κ1) is 20.4. The summed E-state index contributed by atoms with van der Waals surface area (Å²) >= 11 is 0. The van der Waals surface area contributed by atoms with Crippen molar-refractivity contribution in [3.63, 3.8) is 0 Å². The van der Waals surface area contributed by atoms with Gasteiger partial charge in [-0.05, 0) is 44.2 Å². The Hall–Kier alpha value is -2.54. The van der Waals surface area contributed by atoms with Gasteiger partial charge in [-0.3, -0.25) is 15.1 Å². The molecule has 1 N–H and O–H groups in total. The number of carbonyl (C=O) groups is 2. The number of hydrogen-bond donors (Lipinski definition) is 1. The number of hydrazine groups is 1. The average molecular weight is 425 g/mol. The first-order chi connectivity index (χ1) is 15.1. The number of rotatable bonds is 4. The molecule has 1 aromatic carbocycles. The van der Waals surface area contributed by atoms with Crippen molar-refractivity contribution in [2.75, 3.05) is 19.7 Å². The lowest BCUT2D eigenvalue weighted by Gasteiger charge is -2.46. The number of carbonyl (C=O) groups excluding carboxylic acids is 2. The van der Waals surface area contributed by atoms with Crippen molar-refractivity contribution < 1.29 is 14.3 Å². The van der Waals surface area contributed by atoms with Crippen molar-refractivity contribution in [1.29, 1.82) is 0 Å². The van der Waals surface area contributed by atoms with Crippen molar-refractivity contribution in [3.8, 4) is 0 Å². The predicted molar refractivity (Wildman–Crippen MR) is 117 cm³/mol. The second-order valence-electron chi connectivity index (χ2n) is 9.26. The number of ether oxygens (including phenoxy) is 1. The fourth-order valence-corrected chi connectivity index (χ4v) is 5.86. The molecule has 2 unspecified atom stereocenters. The van der Waals surface area contributed by atoms with Crippen LogP contribution >= 0.6 is 0 Å². The summed E-state index contributed by atoms with van der Waals surface area (Å²) in [4.78, 5) is 29.1. The predicted octanol–water partition coefficient (Wildman–Crippen LogP) is 3.04. The molecule has 1 spiro atoms. The Balaban J connectivity index is 1.25. The van der Waals surface area contributed by atoms with Crippen LogP contribution in [0.5, 0.6) is 0 Å². The number of hydrogen-bond acceptors (Lipinski definition) is 5. The van der Waals surface area contributed by atoms with Crippen molar-refractivity contribution in [1.82, 2.24) is 20.2 Å². The summed E-state index contributed by atoms with van der Waals surface area (Å²) in [5, 5.41) is 2.18.